The van der Waals surface area contributed by atoms with E-state index in [1.165, 1.54) is 13.8 Å². The van der Waals surface area contributed by atoms with Crippen LogP contribution >= 0.6 is 0 Å². The molecule has 1 heterocycles. The zero-order valence-electron chi connectivity index (χ0n) is 9.09. The molecule has 1 aliphatic heterocycles. The second-order valence-corrected chi connectivity index (χ2v) is 4.69. The fourth-order valence-corrected chi connectivity index (χ4v) is 1.79. The lowest BCUT2D eigenvalue weighted by atomic mass is 10.00. The monoisotopic (exact) mass is 291 g/mol. The van der Waals surface area contributed by atoms with Crippen LogP contribution < -0.4 is 0 Å². The number of alkyl halides is 3. The number of imide groups is 1. The molecule has 0 spiro atoms. The molecular formula is C7H8F3NO6S. The fraction of sp³-hybridized carbons (Fsp3) is 0.714. The Hall–Kier alpha value is -1.20. The van der Waals surface area contributed by atoms with Gasteiger partial charge in [0.2, 0.25) is 0 Å². The van der Waals surface area contributed by atoms with Gasteiger partial charge in [0.25, 0.3) is 11.8 Å². The predicted octanol–water partition coefficient (Wildman–Crippen LogP) is 0.340. The molecule has 0 aromatic heterocycles. The number of rotatable bonds is 3. The quantitative estimate of drug-likeness (QED) is 0.696. The summed E-state index contributed by atoms with van der Waals surface area (Å²) in [6.45, 7) is 2.62. The molecule has 2 amide bonds. The van der Waals surface area contributed by atoms with Crippen molar-refractivity contribution in [2.24, 2.45) is 11.8 Å². The third-order valence-corrected chi connectivity index (χ3v) is 3.02. The Morgan fingerprint density at radius 1 is 1.11 bits per heavy atom. The molecule has 1 saturated heterocycles. The summed E-state index contributed by atoms with van der Waals surface area (Å²) in [6.07, 6.45) is -5.51. The number of carbonyl (C=O) groups excluding carboxylic acids is 2. The molecule has 1 rings (SSSR count). The fourth-order valence-electron chi connectivity index (χ4n) is 1.20. The number of hydroxylamine groups is 2. The van der Waals surface area contributed by atoms with E-state index in [1.807, 2.05) is 0 Å². The molecule has 18 heavy (non-hydrogen) atoms. The number of halogens is 3. The lowest BCUT2D eigenvalue weighted by Crippen LogP contribution is -2.36. The first kappa shape index (κ1) is 14.9. The third kappa shape index (κ3) is 3.17. The summed E-state index contributed by atoms with van der Waals surface area (Å²) in [6, 6.07) is 0. The zero-order chi connectivity index (χ0) is 14.3. The molecule has 0 aromatic rings. The van der Waals surface area contributed by atoms with Gasteiger partial charge in [0.15, 0.2) is 0 Å². The summed E-state index contributed by atoms with van der Waals surface area (Å²) in [4.78, 5) is 22.7. The number of nitrogens with zero attached hydrogens (tertiary/aromatic N) is 1. The highest BCUT2D eigenvalue weighted by Crippen LogP contribution is 2.28. The Bertz CT molecular complexity index is 452. The van der Waals surface area contributed by atoms with E-state index in [9.17, 15) is 31.2 Å². The summed E-state index contributed by atoms with van der Waals surface area (Å²) in [5, 5.41) is -0.240. The molecule has 104 valence electrons. The minimum atomic E-state index is -5.58. The molecule has 0 aromatic carbocycles. The highest BCUT2D eigenvalue weighted by Gasteiger charge is 2.48. The molecule has 0 radical (unpaired) electrons. The van der Waals surface area contributed by atoms with E-state index in [-0.39, 0.29) is 5.06 Å². The Morgan fingerprint density at radius 3 is 1.83 bits per heavy atom. The molecule has 1 aliphatic rings. The number of hydrogen-bond donors (Lipinski definition) is 0. The summed E-state index contributed by atoms with van der Waals surface area (Å²) < 4.78 is 63.1. The topological polar surface area (TPSA) is 90.0 Å². The average Bonchev–Trinajstić information content (AvgIpc) is 2.32. The smallest absolute Gasteiger partial charge is 0.272 e. The van der Waals surface area contributed by atoms with Gasteiger partial charge >= 0.3 is 16.8 Å². The van der Waals surface area contributed by atoms with Crippen molar-refractivity contribution in [3.63, 3.8) is 0 Å². The number of hydrogen-bond acceptors (Lipinski definition) is 6. The van der Waals surface area contributed by atoms with Crippen molar-refractivity contribution in [2.45, 2.75) is 20.2 Å². The summed E-state index contributed by atoms with van der Waals surface area (Å²) >= 11 is 0. The first-order chi connectivity index (χ1) is 7.94. The van der Waals surface area contributed by atoms with Gasteiger partial charge in [0.1, 0.15) is 0 Å². The average molecular weight is 291 g/mol. The van der Waals surface area contributed by atoms with Crippen LogP contribution in [0.25, 0.3) is 0 Å². The van der Waals surface area contributed by atoms with Crippen LogP contribution in [0.3, 0.4) is 0 Å². The Labute approximate surface area is 99.7 Å². The molecule has 0 aliphatic carbocycles. The van der Waals surface area contributed by atoms with Crippen molar-refractivity contribution in [2.75, 3.05) is 0 Å². The molecule has 0 bridgehead atoms. The normalized spacial score (nSPS) is 25.9. The summed E-state index contributed by atoms with van der Waals surface area (Å²) in [5.41, 5.74) is 0. The van der Waals surface area contributed by atoms with E-state index in [0.717, 1.165) is 0 Å². The van der Waals surface area contributed by atoms with Crippen LogP contribution in [0.2, 0.25) is 0 Å². The van der Waals surface area contributed by atoms with Crippen LogP contribution in [-0.4, -0.2) is 31.7 Å². The third-order valence-electron chi connectivity index (χ3n) is 2.29. The minimum Gasteiger partial charge on any atom is -0.272 e. The SMILES string of the molecule is CC1C(=O)N(OS(=O)(=O)OC(F)(F)F)C(=O)C1C. The van der Waals surface area contributed by atoms with Crippen LogP contribution in [0.15, 0.2) is 0 Å². The van der Waals surface area contributed by atoms with Crippen LogP contribution in [0.5, 0.6) is 0 Å². The van der Waals surface area contributed by atoms with E-state index in [1.54, 1.807) is 0 Å². The maximum Gasteiger partial charge on any atom is 0.538 e. The van der Waals surface area contributed by atoms with Gasteiger partial charge in [-0.15, -0.1) is 26.7 Å². The Balaban J connectivity index is 2.86. The molecule has 0 N–H and O–H groups in total. The number of carbonyl (C=O) groups is 2. The maximum atomic E-state index is 11.7. The van der Waals surface area contributed by atoms with E-state index in [0.29, 0.717) is 0 Å². The second-order valence-electron chi connectivity index (χ2n) is 3.56. The standard InChI is InChI=1S/C7H8F3NO6S/c1-3-4(2)6(13)11(5(3)12)17-18(14,15)16-7(8,9)10/h3-4H,1-2H3. The molecule has 7 nitrogen and oxygen atoms in total. The van der Waals surface area contributed by atoms with Crippen molar-refractivity contribution < 1.29 is 39.6 Å². The van der Waals surface area contributed by atoms with Gasteiger partial charge in [-0.1, -0.05) is 13.8 Å². The lowest BCUT2D eigenvalue weighted by Gasteiger charge is -2.13. The van der Waals surface area contributed by atoms with Crippen LogP contribution in [-0.2, 0) is 28.5 Å². The van der Waals surface area contributed by atoms with Crippen LogP contribution in [0, 0.1) is 11.8 Å². The van der Waals surface area contributed by atoms with Gasteiger partial charge in [-0.3, -0.25) is 9.59 Å². The summed E-state index contributed by atoms with van der Waals surface area (Å²) in [5.74, 6) is -3.89. The molecule has 0 saturated carbocycles. The molecule has 1 fully saturated rings. The lowest BCUT2D eigenvalue weighted by molar-refractivity contribution is -0.278. The van der Waals surface area contributed by atoms with Crippen molar-refractivity contribution in [3.05, 3.63) is 0 Å². The summed E-state index contributed by atoms with van der Waals surface area (Å²) in [7, 11) is -5.58. The largest absolute Gasteiger partial charge is 0.538 e. The molecular weight excluding hydrogens is 283 g/mol. The van der Waals surface area contributed by atoms with Gasteiger partial charge < -0.3 is 0 Å². The van der Waals surface area contributed by atoms with Crippen molar-refractivity contribution in [1.82, 2.24) is 5.06 Å². The first-order valence-corrected chi connectivity index (χ1v) is 5.87. The predicted molar refractivity (Wildman–Crippen MR) is 47.3 cm³/mol. The highest BCUT2D eigenvalue weighted by atomic mass is 32.3. The van der Waals surface area contributed by atoms with E-state index in [2.05, 4.69) is 8.47 Å². The van der Waals surface area contributed by atoms with E-state index >= 15 is 0 Å². The van der Waals surface area contributed by atoms with Crippen molar-refractivity contribution in [1.29, 1.82) is 0 Å². The van der Waals surface area contributed by atoms with E-state index in [4.69, 9.17) is 0 Å². The van der Waals surface area contributed by atoms with Crippen molar-refractivity contribution in [3.8, 4) is 0 Å². The highest BCUT2D eigenvalue weighted by molar-refractivity contribution is 7.81. The van der Waals surface area contributed by atoms with Crippen molar-refractivity contribution >= 4 is 22.2 Å². The molecule has 2 unspecified atom stereocenters. The molecule has 11 heteroatoms. The first-order valence-electron chi connectivity index (χ1n) is 4.54. The zero-order valence-corrected chi connectivity index (χ0v) is 9.91. The maximum absolute atomic E-state index is 11.7. The van der Waals surface area contributed by atoms with Crippen LogP contribution in [0.1, 0.15) is 13.8 Å². The minimum absolute atomic E-state index is 0.240. The number of amides is 2. The van der Waals surface area contributed by atoms with Crippen LogP contribution in [0.4, 0.5) is 13.2 Å². The Morgan fingerprint density at radius 2 is 1.50 bits per heavy atom. The Kier molecular flexibility index (Phi) is 3.70. The van der Waals surface area contributed by atoms with Gasteiger partial charge in [0, 0.05) is 11.8 Å². The van der Waals surface area contributed by atoms with Gasteiger partial charge in [0.05, 0.1) is 0 Å². The molecule has 2 atom stereocenters. The second kappa shape index (κ2) is 4.48. The van der Waals surface area contributed by atoms with E-state index < -0.39 is 40.4 Å². The van der Waals surface area contributed by atoms with Gasteiger partial charge in [-0.2, -0.15) is 8.42 Å². The van der Waals surface area contributed by atoms with Gasteiger partial charge in [-0.25, -0.2) is 0 Å². The van der Waals surface area contributed by atoms with Gasteiger partial charge in [-0.05, 0) is 0 Å².